The van der Waals surface area contributed by atoms with E-state index in [2.05, 4.69) is 4.74 Å². The summed E-state index contributed by atoms with van der Waals surface area (Å²) in [5.41, 5.74) is 0. The quantitative estimate of drug-likeness (QED) is 0.370. The Balaban J connectivity index is 4.14. The molecular weight excluding hydrogens is 233 g/mol. The van der Waals surface area contributed by atoms with Crippen molar-refractivity contribution in [1.82, 2.24) is 0 Å². The first-order valence-electron chi connectivity index (χ1n) is 4.98. The lowest BCUT2D eigenvalue weighted by atomic mass is 10.5. The smallest absolute Gasteiger partial charge is 0.341 e. The average molecular weight is 249 g/mol. The Morgan fingerprint density at radius 1 is 1.31 bits per heavy atom. The molecule has 0 radical (unpaired) electrons. The maximum Gasteiger partial charge on any atom is 0.341 e. The first-order chi connectivity index (χ1) is 7.58. The summed E-state index contributed by atoms with van der Waals surface area (Å²) in [5.74, 6) is -0.680. The van der Waals surface area contributed by atoms with E-state index in [1.165, 1.54) is 0 Å². The van der Waals surface area contributed by atoms with E-state index < -0.39 is 19.7 Å². The van der Waals surface area contributed by atoms with Gasteiger partial charge in [0.15, 0.2) is 0 Å². The number of carbonyl (C=O) groups excluding carboxylic acids is 1. The zero-order valence-electron chi connectivity index (χ0n) is 9.47. The molecule has 0 N–H and O–H groups in total. The van der Waals surface area contributed by atoms with Crippen LogP contribution in [-0.4, -0.2) is 32.0 Å². The number of esters is 1. The summed E-state index contributed by atoms with van der Waals surface area (Å²) in [6.45, 7) is 3.71. The van der Waals surface area contributed by atoms with Gasteiger partial charge in [-0.15, -0.1) is 0 Å². The van der Waals surface area contributed by atoms with Crippen LogP contribution in [0.2, 0.25) is 0 Å². The fourth-order valence-electron chi connectivity index (χ4n) is 0.936. The van der Waals surface area contributed by atoms with Crippen LogP contribution in [0.5, 0.6) is 0 Å². The first-order valence-corrected chi connectivity index (χ1v) is 6.71. The minimum Gasteiger partial charge on any atom is -0.464 e. The molecule has 0 bridgehead atoms. The molecule has 0 aliphatic rings. The Hall–Kier alpha value is -0.890. The summed E-state index contributed by atoms with van der Waals surface area (Å²) < 4.78 is 26.4. The SMILES string of the molecule is CCOP(=O)(CC(=O)OCCC#N)OCC. The van der Waals surface area contributed by atoms with Crippen molar-refractivity contribution in [2.45, 2.75) is 20.3 Å². The molecule has 0 aromatic rings. The van der Waals surface area contributed by atoms with Crippen LogP contribution in [0.15, 0.2) is 0 Å². The average Bonchev–Trinajstić information content (AvgIpc) is 2.18. The Bertz CT molecular complexity index is 289. The molecule has 92 valence electrons. The molecular formula is C9H16NO5P. The molecule has 0 aromatic heterocycles. The van der Waals surface area contributed by atoms with Crippen molar-refractivity contribution in [1.29, 1.82) is 5.26 Å². The number of rotatable bonds is 8. The summed E-state index contributed by atoms with van der Waals surface area (Å²) in [5, 5.41) is 8.23. The predicted octanol–water partition coefficient (Wildman–Crippen LogP) is 1.71. The van der Waals surface area contributed by atoms with Crippen LogP contribution >= 0.6 is 7.60 Å². The molecule has 0 heterocycles. The summed E-state index contributed by atoms with van der Waals surface area (Å²) in [6.07, 6.45) is -0.306. The van der Waals surface area contributed by atoms with E-state index in [1.807, 2.05) is 6.07 Å². The molecule has 7 heteroatoms. The van der Waals surface area contributed by atoms with Crippen LogP contribution < -0.4 is 0 Å². The number of hydrogen-bond acceptors (Lipinski definition) is 6. The van der Waals surface area contributed by atoms with Crippen molar-refractivity contribution >= 4 is 13.6 Å². The number of hydrogen-bond donors (Lipinski definition) is 0. The number of carbonyl (C=O) groups is 1. The maximum absolute atomic E-state index is 11.8. The summed E-state index contributed by atoms with van der Waals surface area (Å²) in [7, 11) is -3.38. The fourth-order valence-corrected chi connectivity index (χ4v) is 2.39. The van der Waals surface area contributed by atoms with Gasteiger partial charge in [0, 0.05) is 0 Å². The summed E-state index contributed by atoms with van der Waals surface area (Å²) in [6, 6.07) is 1.83. The van der Waals surface area contributed by atoms with Crippen LogP contribution in [-0.2, 0) is 23.1 Å². The highest BCUT2D eigenvalue weighted by atomic mass is 31.2. The maximum atomic E-state index is 11.8. The molecule has 0 atom stereocenters. The van der Waals surface area contributed by atoms with Gasteiger partial charge in [0.1, 0.15) is 12.8 Å². The predicted molar refractivity (Wildman–Crippen MR) is 56.9 cm³/mol. The van der Waals surface area contributed by atoms with E-state index in [-0.39, 0.29) is 26.2 Å². The van der Waals surface area contributed by atoms with Gasteiger partial charge in [-0.25, -0.2) is 0 Å². The second-order valence-electron chi connectivity index (χ2n) is 2.73. The topological polar surface area (TPSA) is 85.6 Å². The third-order valence-corrected chi connectivity index (χ3v) is 3.40. The van der Waals surface area contributed by atoms with Crippen molar-refractivity contribution in [3.8, 4) is 6.07 Å². The van der Waals surface area contributed by atoms with E-state index in [1.54, 1.807) is 13.8 Å². The zero-order chi connectivity index (χ0) is 12.4. The van der Waals surface area contributed by atoms with E-state index in [9.17, 15) is 9.36 Å². The van der Waals surface area contributed by atoms with Gasteiger partial charge in [0.05, 0.1) is 25.7 Å². The lowest BCUT2D eigenvalue weighted by Crippen LogP contribution is -2.13. The second-order valence-corrected chi connectivity index (χ2v) is 4.79. The highest BCUT2D eigenvalue weighted by molar-refractivity contribution is 7.54. The van der Waals surface area contributed by atoms with Gasteiger partial charge in [-0.05, 0) is 13.8 Å². The van der Waals surface area contributed by atoms with E-state index >= 15 is 0 Å². The molecule has 0 unspecified atom stereocenters. The molecule has 0 aliphatic carbocycles. The fraction of sp³-hybridized carbons (Fsp3) is 0.778. The minimum atomic E-state index is -3.38. The van der Waals surface area contributed by atoms with Crippen molar-refractivity contribution < 1.29 is 23.1 Å². The summed E-state index contributed by atoms with van der Waals surface area (Å²) >= 11 is 0. The van der Waals surface area contributed by atoms with Crippen molar-refractivity contribution in [2.75, 3.05) is 26.0 Å². The largest absolute Gasteiger partial charge is 0.464 e. The lowest BCUT2D eigenvalue weighted by molar-refractivity contribution is -0.140. The van der Waals surface area contributed by atoms with Gasteiger partial charge in [0.2, 0.25) is 0 Å². The Labute approximate surface area is 95.0 Å². The molecule has 0 rings (SSSR count). The molecule has 16 heavy (non-hydrogen) atoms. The van der Waals surface area contributed by atoms with E-state index in [0.717, 1.165) is 0 Å². The van der Waals surface area contributed by atoms with Crippen LogP contribution in [0.4, 0.5) is 0 Å². The molecule has 0 saturated carbocycles. The van der Waals surface area contributed by atoms with Crippen LogP contribution in [0, 0.1) is 11.3 Å². The van der Waals surface area contributed by atoms with Gasteiger partial charge < -0.3 is 13.8 Å². The number of nitriles is 1. The molecule has 0 amide bonds. The van der Waals surface area contributed by atoms with Gasteiger partial charge >= 0.3 is 13.6 Å². The van der Waals surface area contributed by atoms with Gasteiger partial charge in [-0.2, -0.15) is 5.26 Å². The zero-order valence-corrected chi connectivity index (χ0v) is 10.4. The van der Waals surface area contributed by atoms with Crippen molar-refractivity contribution in [2.24, 2.45) is 0 Å². The van der Waals surface area contributed by atoms with E-state index in [4.69, 9.17) is 14.3 Å². The molecule has 0 aromatic carbocycles. The Morgan fingerprint density at radius 3 is 2.31 bits per heavy atom. The van der Waals surface area contributed by atoms with Gasteiger partial charge in [0.25, 0.3) is 0 Å². The van der Waals surface area contributed by atoms with Crippen molar-refractivity contribution in [3.05, 3.63) is 0 Å². The van der Waals surface area contributed by atoms with Crippen LogP contribution in [0.25, 0.3) is 0 Å². The van der Waals surface area contributed by atoms with Crippen LogP contribution in [0.1, 0.15) is 20.3 Å². The molecule has 0 spiro atoms. The number of ether oxygens (including phenoxy) is 1. The molecule has 0 saturated heterocycles. The normalized spacial score (nSPS) is 10.8. The van der Waals surface area contributed by atoms with Gasteiger partial charge in [-0.1, -0.05) is 0 Å². The highest BCUT2D eigenvalue weighted by Crippen LogP contribution is 2.47. The third-order valence-electron chi connectivity index (χ3n) is 1.45. The Morgan fingerprint density at radius 2 is 1.88 bits per heavy atom. The standard InChI is InChI=1S/C9H16NO5P/c1-3-14-16(12,15-4-2)8-9(11)13-7-5-6-10/h3-5,7-8H2,1-2H3. The van der Waals surface area contributed by atoms with Crippen LogP contribution in [0.3, 0.4) is 0 Å². The molecule has 0 fully saturated rings. The second kappa shape index (κ2) is 8.28. The molecule has 6 nitrogen and oxygen atoms in total. The number of nitrogens with zero attached hydrogens (tertiary/aromatic N) is 1. The summed E-state index contributed by atoms with van der Waals surface area (Å²) in [4.78, 5) is 11.2. The van der Waals surface area contributed by atoms with Gasteiger partial charge in [-0.3, -0.25) is 9.36 Å². The third kappa shape index (κ3) is 6.57. The van der Waals surface area contributed by atoms with Crippen molar-refractivity contribution in [3.63, 3.8) is 0 Å². The lowest BCUT2D eigenvalue weighted by Gasteiger charge is -2.15. The first kappa shape index (κ1) is 15.1. The minimum absolute atomic E-state index is 0.00637. The monoisotopic (exact) mass is 249 g/mol. The molecule has 0 aliphatic heterocycles. The Kier molecular flexibility index (Phi) is 7.82. The highest BCUT2D eigenvalue weighted by Gasteiger charge is 2.28. The van der Waals surface area contributed by atoms with E-state index in [0.29, 0.717) is 0 Å².